The Bertz CT molecular complexity index is 993. The Morgan fingerprint density at radius 2 is 2.23 bits per heavy atom. The second-order valence-electron chi connectivity index (χ2n) is 6.91. The second kappa shape index (κ2) is 10.8. The zero-order valence-electron chi connectivity index (χ0n) is 17.0. The van der Waals surface area contributed by atoms with E-state index < -0.39 is 11.7 Å². The van der Waals surface area contributed by atoms with Crippen LogP contribution in [0.25, 0.3) is 6.08 Å². The lowest BCUT2D eigenvalue weighted by molar-refractivity contribution is -0.117. The number of nitrogens with zero attached hydrogens (tertiary/aromatic N) is 1. The number of rotatable bonds is 8. The highest BCUT2D eigenvalue weighted by molar-refractivity contribution is 6.31. The van der Waals surface area contributed by atoms with Crippen molar-refractivity contribution in [2.24, 2.45) is 0 Å². The molecule has 1 N–H and O–H groups in total. The Balaban J connectivity index is 1.74. The van der Waals surface area contributed by atoms with Gasteiger partial charge < -0.3 is 19.5 Å². The van der Waals surface area contributed by atoms with E-state index in [2.05, 4.69) is 5.32 Å². The van der Waals surface area contributed by atoms with Crippen LogP contribution in [-0.2, 0) is 16.1 Å². The van der Waals surface area contributed by atoms with Gasteiger partial charge in [-0.1, -0.05) is 23.7 Å². The fraction of sp³-hybridized carbons (Fsp3) is 0.304. The van der Waals surface area contributed by atoms with E-state index in [1.165, 1.54) is 25.3 Å². The quantitative estimate of drug-likeness (QED) is 0.486. The summed E-state index contributed by atoms with van der Waals surface area (Å²) in [5.41, 5.74) is 0.726. The largest absolute Gasteiger partial charge is 0.493 e. The number of benzene rings is 2. The van der Waals surface area contributed by atoms with Crippen molar-refractivity contribution < 1.29 is 23.4 Å². The second-order valence-corrected chi connectivity index (χ2v) is 7.32. The van der Waals surface area contributed by atoms with Crippen LogP contribution < -0.4 is 14.8 Å². The number of amides is 1. The van der Waals surface area contributed by atoms with Crippen LogP contribution >= 0.6 is 11.6 Å². The van der Waals surface area contributed by atoms with Crippen molar-refractivity contribution >= 4 is 23.6 Å². The third kappa shape index (κ3) is 5.97. The van der Waals surface area contributed by atoms with Crippen molar-refractivity contribution in [2.75, 3.05) is 20.3 Å². The van der Waals surface area contributed by atoms with Crippen LogP contribution in [0.15, 0.2) is 42.0 Å². The molecule has 31 heavy (non-hydrogen) atoms. The molecule has 0 bridgehead atoms. The highest BCUT2D eigenvalue weighted by atomic mass is 35.5. The van der Waals surface area contributed by atoms with Crippen LogP contribution in [0.5, 0.6) is 11.5 Å². The van der Waals surface area contributed by atoms with E-state index >= 15 is 0 Å². The Hall–Kier alpha value is -3.08. The third-order valence-corrected chi connectivity index (χ3v) is 5.17. The standard InChI is InChI=1S/C23H22ClFN2O4/c1-29-21-8-7-15(10-16(12-26)23(28)27-13-17-4-3-9-30-17)11-22(21)31-14-18-19(24)5-2-6-20(18)25/h2,5-8,10-11,17H,3-4,9,13-14H2,1H3,(H,27,28)/b16-10+/t17-/m1/s1. The van der Waals surface area contributed by atoms with Crippen LogP contribution in [0.2, 0.25) is 5.02 Å². The molecule has 1 amide bonds. The maximum Gasteiger partial charge on any atom is 0.262 e. The third-order valence-electron chi connectivity index (χ3n) is 4.81. The summed E-state index contributed by atoms with van der Waals surface area (Å²) in [5, 5.41) is 12.4. The minimum atomic E-state index is -0.477. The van der Waals surface area contributed by atoms with Gasteiger partial charge in [-0.25, -0.2) is 4.39 Å². The van der Waals surface area contributed by atoms with Crippen molar-refractivity contribution in [1.82, 2.24) is 5.32 Å². The maximum absolute atomic E-state index is 14.0. The average molecular weight is 445 g/mol. The molecule has 8 heteroatoms. The summed E-state index contributed by atoms with van der Waals surface area (Å²) in [7, 11) is 1.48. The molecule has 1 atom stereocenters. The lowest BCUT2D eigenvalue weighted by Crippen LogP contribution is -2.32. The Kier molecular flexibility index (Phi) is 7.88. The number of carbonyl (C=O) groups excluding carboxylic acids is 1. The fourth-order valence-corrected chi connectivity index (χ4v) is 3.36. The van der Waals surface area contributed by atoms with Crippen molar-refractivity contribution in [3.8, 4) is 17.6 Å². The fourth-order valence-electron chi connectivity index (χ4n) is 3.14. The van der Waals surface area contributed by atoms with Gasteiger partial charge in [-0.15, -0.1) is 0 Å². The van der Waals surface area contributed by atoms with E-state index in [0.717, 1.165) is 12.8 Å². The zero-order chi connectivity index (χ0) is 22.2. The molecule has 162 valence electrons. The van der Waals surface area contributed by atoms with Gasteiger partial charge in [0.15, 0.2) is 11.5 Å². The summed E-state index contributed by atoms with van der Waals surface area (Å²) >= 11 is 6.05. The minimum absolute atomic E-state index is 0.0184. The topological polar surface area (TPSA) is 80.6 Å². The molecule has 1 aliphatic heterocycles. The highest BCUT2D eigenvalue weighted by Crippen LogP contribution is 2.31. The Morgan fingerprint density at radius 3 is 2.90 bits per heavy atom. The van der Waals surface area contributed by atoms with Crippen molar-refractivity contribution in [3.05, 3.63) is 63.9 Å². The van der Waals surface area contributed by atoms with Crippen LogP contribution in [0.3, 0.4) is 0 Å². The van der Waals surface area contributed by atoms with Crippen LogP contribution in [0.4, 0.5) is 4.39 Å². The van der Waals surface area contributed by atoms with E-state index in [4.69, 9.17) is 25.8 Å². The summed E-state index contributed by atoms with van der Waals surface area (Å²) in [4.78, 5) is 12.4. The number of methoxy groups -OCH3 is 1. The molecule has 6 nitrogen and oxygen atoms in total. The molecule has 0 spiro atoms. The van der Waals surface area contributed by atoms with E-state index in [0.29, 0.717) is 30.2 Å². The first-order valence-electron chi connectivity index (χ1n) is 9.77. The molecular formula is C23H22ClFN2O4. The van der Waals surface area contributed by atoms with Gasteiger partial charge in [0.2, 0.25) is 0 Å². The van der Waals surface area contributed by atoms with Gasteiger partial charge in [0.1, 0.15) is 24.1 Å². The number of carbonyl (C=O) groups is 1. The lowest BCUT2D eigenvalue weighted by Gasteiger charge is -2.13. The SMILES string of the molecule is COc1ccc(/C=C(\C#N)C(=O)NC[C@H]2CCCO2)cc1OCc1c(F)cccc1Cl. The van der Waals surface area contributed by atoms with E-state index in [-0.39, 0.29) is 28.9 Å². The number of nitriles is 1. The summed E-state index contributed by atoms with van der Waals surface area (Å²) in [6, 6.07) is 11.2. The minimum Gasteiger partial charge on any atom is -0.493 e. The van der Waals surface area contributed by atoms with Gasteiger partial charge in [0, 0.05) is 18.7 Å². The molecule has 3 rings (SSSR count). The maximum atomic E-state index is 14.0. The number of halogens is 2. The van der Waals surface area contributed by atoms with Crippen molar-refractivity contribution in [2.45, 2.75) is 25.6 Å². The summed E-state index contributed by atoms with van der Waals surface area (Å²) in [6.45, 7) is 0.939. The van der Waals surface area contributed by atoms with E-state index in [1.807, 2.05) is 6.07 Å². The number of nitrogens with one attached hydrogen (secondary N) is 1. The predicted octanol–water partition coefficient (Wildman–Crippen LogP) is 4.27. The molecule has 2 aromatic carbocycles. The van der Waals surface area contributed by atoms with Crippen LogP contribution in [0.1, 0.15) is 24.0 Å². The van der Waals surface area contributed by atoms with E-state index in [9.17, 15) is 14.4 Å². The van der Waals surface area contributed by atoms with Crippen molar-refractivity contribution in [3.63, 3.8) is 0 Å². The number of ether oxygens (including phenoxy) is 3. The summed E-state index contributed by atoms with van der Waals surface area (Å²) < 4.78 is 30.5. The highest BCUT2D eigenvalue weighted by Gasteiger charge is 2.18. The molecule has 1 aliphatic rings. The molecule has 1 fully saturated rings. The predicted molar refractivity (Wildman–Crippen MR) is 114 cm³/mol. The van der Waals surface area contributed by atoms with Crippen LogP contribution in [-0.4, -0.2) is 32.3 Å². The Labute approximate surface area is 185 Å². The monoisotopic (exact) mass is 444 g/mol. The molecule has 1 heterocycles. The van der Waals surface area contributed by atoms with Gasteiger partial charge in [0.05, 0.1) is 18.2 Å². The van der Waals surface area contributed by atoms with Gasteiger partial charge in [-0.2, -0.15) is 5.26 Å². The van der Waals surface area contributed by atoms with E-state index in [1.54, 1.807) is 24.3 Å². The lowest BCUT2D eigenvalue weighted by atomic mass is 10.1. The van der Waals surface area contributed by atoms with Gasteiger partial charge in [-0.3, -0.25) is 4.79 Å². The van der Waals surface area contributed by atoms with Gasteiger partial charge in [-0.05, 0) is 48.7 Å². The molecule has 0 unspecified atom stereocenters. The number of hydrogen-bond donors (Lipinski definition) is 1. The molecule has 0 saturated carbocycles. The van der Waals surface area contributed by atoms with Gasteiger partial charge >= 0.3 is 0 Å². The first kappa shape index (κ1) is 22.6. The molecule has 0 aliphatic carbocycles. The first-order valence-corrected chi connectivity index (χ1v) is 10.1. The number of hydrogen-bond acceptors (Lipinski definition) is 5. The summed E-state index contributed by atoms with van der Waals surface area (Å²) in [5.74, 6) is -0.204. The normalized spacial score (nSPS) is 15.9. The van der Waals surface area contributed by atoms with Crippen molar-refractivity contribution in [1.29, 1.82) is 5.26 Å². The zero-order valence-corrected chi connectivity index (χ0v) is 17.7. The van der Waals surface area contributed by atoms with Crippen LogP contribution in [0, 0.1) is 17.1 Å². The smallest absolute Gasteiger partial charge is 0.262 e. The van der Waals surface area contributed by atoms with Gasteiger partial charge in [0.25, 0.3) is 5.91 Å². The molecule has 1 saturated heterocycles. The molecule has 0 aromatic heterocycles. The average Bonchev–Trinajstić information content (AvgIpc) is 3.29. The molecular weight excluding hydrogens is 423 g/mol. The molecule has 2 aromatic rings. The molecule has 0 radical (unpaired) electrons. The Morgan fingerprint density at radius 1 is 1.39 bits per heavy atom. The first-order chi connectivity index (χ1) is 15.0. The summed E-state index contributed by atoms with van der Waals surface area (Å²) in [6.07, 6.45) is 3.29.